The Morgan fingerprint density at radius 3 is 2.24 bits per heavy atom. The molecule has 1 aromatic carbocycles. The average molecular weight is 396 g/mol. The van der Waals surface area contributed by atoms with Gasteiger partial charge in [0.1, 0.15) is 17.3 Å². The van der Waals surface area contributed by atoms with E-state index in [1.54, 1.807) is 6.07 Å². The molecule has 29 heavy (non-hydrogen) atoms. The van der Waals surface area contributed by atoms with Crippen molar-refractivity contribution in [3.05, 3.63) is 29.8 Å². The number of hydrazone groups is 1. The summed E-state index contributed by atoms with van der Waals surface area (Å²) >= 11 is 0. The summed E-state index contributed by atoms with van der Waals surface area (Å²) in [6, 6.07) is 6.34. The van der Waals surface area contributed by atoms with Crippen molar-refractivity contribution in [2.24, 2.45) is 5.10 Å². The molecule has 4 rings (SSSR count). The number of nitrogens with zero attached hydrogens (tertiary/aromatic N) is 5. The van der Waals surface area contributed by atoms with E-state index < -0.39 is 0 Å². The topological polar surface area (TPSA) is 97.1 Å². The highest BCUT2D eigenvalue weighted by Gasteiger charge is 2.19. The summed E-state index contributed by atoms with van der Waals surface area (Å²) in [7, 11) is 0. The first-order valence-electron chi connectivity index (χ1n) is 10.4. The van der Waals surface area contributed by atoms with E-state index in [1.165, 1.54) is 56.9 Å². The van der Waals surface area contributed by atoms with Gasteiger partial charge in [-0.3, -0.25) is 5.43 Å². The molecule has 2 saturated heterocycles. The first-order valence-corrected chi connectivity index (χ1v) is 10.4. The molecule has 3 N–H and O–H groups in total. The number of hydrogen-bond donors (Lipinski definition) is 3. The number of phenolic OH excluding ortho intramolecular Hbond substituents is 2. The zero-order valence-electron chi connectivity index (χ0n) is 16.6. The standard InChI is InChI=1S/C21H28N6O2/c28-17-8-7-16(18(29)13-17)15-22-25-19-14-20(26-9-3-1-4-10-26)24-21(23-19)27-11-5-2-6-12-27/h7-8,13-15,28-29H,1-6,9-12H2,(H,23,24,25). The van der Waals surface area contributed by atoms with Crippen molar-refractivity contribution in [2.75, 3.05) is 41.4 Å². The van der Waals surface area contributed by atoms with Crippen LogP contribution in [-0.2, 0) is 0 Å². The number of benzene rings is 1. The van der Waals surface area contributed by atoms with Crippen LogP contribution in [0.3, 0.4) is 0 Å². The van der Waals surface area contributed by atoms with Gasteiger partial charge in [-0.1, -0.05) is 0 Å². The first kappa shape index (κ1) is 19.3. The number of piperidine rings is 2. The van der Waals surface area contributed by atoms with E-state index in [-0.39, 0.29) is 11.5 Å². The van der Waals surface area contributed by atoms with Crippen LogP contribution in [-0.4, -0.2) is 52.6 Å². The second-order valence-electron chi connectivity index (χ2n) is 7.62. The third-order valence-electron chi connectivity index (χ3n) is 5.42. The second kappa shape index (κ2) is 8.98. The van der Waals surface area contributed by atoms with Crippen LogP contribution in [0.2, 0.25) is 0 Å². The van der Waals surface area contributed by atoms with Crippen molar-refractivity contribution in [1.29, 1.82) is 0 Å². The molecule has 8 heteroatoms. The summed E-state index contributed by atoms with van der Waals surface area (Å²) in [6.07, 6.45) is 8.74. The van der Waals surface area contributed by atoms with Crippen molar-refractivity contribution in [1.82, 2.24) is 9.97 Å². The lowest BCUT2D eigenvalue weighted by atomic mass is 10.1. The summed E-state index contributed by atoms with van der Waals surface area (Å²) in [4.78, 5) is 14.1. The lowest BCUT2D eigenvalue weighted by Crippen LogP contribution is -2.33. The molecule has 0 aliphatic carbocycles. The SMILES string of the molecule is Oc1ccc(C=NNc2cc(N3CCCCC3)nc(N3CCCCC3)n2)c(O)c1. The monoisotopic (exact) mass is 396 g/mol. The van der Waals surface area contributed by atoms with Crippen molar-refractivity contribution in [3.63, 3.8) is 0 Å². The van der Waals surface area contributed by atoms with Crippen LogP contribution in [0.5, 0.6) is 11.5 Å². The number of aromatic nitrogens is 2. The van der Waals surface area contributed by atoms with Gasteiger partial charge in [-0.25, -0.2) is 0 Å². The highest BCUT2D eigenvalue weighted by atomic mass is 16.3. The summed E-state index contributed by atoms with van der Waals surface area (Å²) in [5.41, 5.74) is 3.50. The van der Waals surface area contributed by atoms with Crippen molar-refractivity contribution >= 4 is 23.8 Å². The molecule has 0 spiro atoms. The molecule has 2 fully saturated rings. The zero-order chi connectivity index (χ0) is 20.1. The van der Waals surface area contributed by atoms with Crippen LogP contribution in [0.4, 0.5) is 17.6 Å². The highest BCUT2D eigenvalue weighted by molar-refractivity contribution is 5.84. The van der Waals surface area contributed by atoms with Crippen LogP contribution in [0, 0.1) is 0 Å². The van der Waals surface area contributed by atoms with Crippen LogP contribution in [0.1, 0.15) is 44.1 Å². The van der Waals surface area contributed by atoms with Gasteiger partial charge in [-0.15, -0.1) is 0 Å². The summed E-state index contributed by atoms with van der Waals surface area (Å²) < 4.78 is 0. The highest BCUT2D eigenvalue weighted by Crippen LogP contribution is 2.25. The van der Waals surface area contributed by atoms with Crippen molar-refractivity contribution < 1.29 is 10.2 Å². The fourth-order valence-corrected chi connectivity index (χ4v) is 3.81. The Balaban J connectivity index is 1.56. The van der Waals surface area contributed by atoms with Crippen LogP contribution < -0.4 is 15.2 Å². The summed E-state index contributed by atoms with van der Waals surface area (Å²) in [5.74, 6) is 2.31. The molecule has 2 aliphatic rings. The Morgan fingerprint density at radius 2 is 1.55 bits per heavy atom. The van der Waals surface area contributed by atoms with Gasteiger partial charge in [0, 0.05) is 43.9 Å². The van der Waals surface area contributed by atoms with Gasteiger partial charge in [-0.05, 0) is 50.7 Å². The smallest absolute Gasteiger partial charge is 0.229 e. The Labute approximate surface area is 170 Å². The Bertz CT molecular complexity index is 824. The molecule has 3 heterocycles. The van der Waals surface area contributed by atoms with E-state index in [0.717, 1.165) is 37.9 Å². The van der Waals surface area contributed by atoms with Crippen molar-refractivity contribution in [2.45, 2.75) is 38.5 Å². The molecule has 0 amide bonds. The van der Waals surface area contributed by atoms with Gasteiger partial charge < -0.3 is 20.0 Å². The second-order valence-corrected chi connectivity index (χ2v) is 7.62. The minimum atomic E-state index is -0.0266. The van der Waals surface area contributed by atoms with E-state index in [2.05, 4.69) is 25.3 Å². The fraction of sp³-hybridized carbons (Fsp3) is 0.476. The first-order chi connectivity index (χ1) is 14.2. The third kappa shape index (κ3) is 4.88. The number of nitrogens with one attached hydrogen (secondary N) is 1. The average Bonchev–Trinajstić information content (AvgIpc) is 2.76. The van der Waals surface area contributed by atoms with Crippen LogP contribution >= 0.6 is 0 Å². The Kier molecular flexibility index (Phi) is 5.97. The fourth-order valence-electron chi connectivity index (χ4n) is 3.81. The molecule has 0 unspecified atom stereocenters. The molecule has 8 nitrogen and oxygen atoms in total. The normalized spacial score (nSPS) is 17.7. The maximum absolute atomic E-state index is 9.90. The zero-order valence-corrected chi connectivity index (χ0v) is 16.6. The molecule has 0 bridgehead atoms. The lowest BCUT2D eigenvalue weighted by Gasteiger charge is -2.31. The van der Waals surface area contributed by atoms with Gasteiger partial charge in [0.2, 0.25) is 5.95 Å². The molecule has 2 aromatic rings. The largest absolute Gasteiger partial charge is 0.508 e. The molecule has 0 saturated carbocycles. The molecule has 0 atom stereocenters. The van der Waals surface area contributed by atoms with Gasteiger partial charge in [0.25, 0.3) is 0 Å². The molecule has 2 aliphatic heterocycles. The Morgan fingerprint density at radius 1 is 0.862 bits per heavy atom. The van der Waals surface area contributed by atoms with Crippen LogP contribution in [0.25, 0.3) is 0 Å². The third-order valence-corrected chi connectivity index (χ3v) is 5.42. The summed E-state index contributed by atoms with van der Waals surface area (Å²) in [6.45, 7) is 3.99. The maximum atomic E-state index is 9.90. The predicted molar refractivity (Wildman–Crippen MR) is 115 cm³/mol. The van der Waals surface area contributed by atoms with Gasteiger partial charge in [0.15, 0.2) is 5.82 Å². The number of rotatable bonds is 5. The quantitative estimate of drug-likeness (QED) is 0.527. The minimum absolute atomic E-state index is 0.0146. The number of anilines is 3. The molecular formula is C21H28N6O2. The number of aromatic hydroxyl groups is 2. The predicted octanol–water partition coefficient (Wildman–Crippen LogP) is 3.31. The van der Waals surface area contributed by atoms with E-state index in [9.17, 15) is 10.2 Å². The van der Waals surface area contributed by atoms with Gasteiger partial charge >= 0.3 is 0 Å². The number of hydrogen-bond acceptors (Lipinski definition) is 8. The maximum Gasteiger partial charge on any atom is 0.229 e. The molecule has 0 radical (unpaired) electrons. The lowest BCUT2D eigenvalue weighted by molar-refractivity contribution is 0.450. The van der Waals surface area contributed by atoms with E-state index in [4.69, 9.17) is 4.98 Å². The van der Waals surface area contributed by atoms with Gasteiger partial charge in [0.05, 0.1) is 6.21 Å². The van der Waals surface area contributed by atoms with E-state index >= 15 is 0 Å². The van der Waals surface area contributed by atoms with E-state index in [1.807, 2.05) is 6.07 Å². The molecule has 154 valence electrons. The Hall–Kier alpha value is -3.03. The molecule has 1 aromatic heterocycles. The summed E-state index contributed by atoms with van der Waals surface area (Å²) in [5, 5.41) is 23.5. The van der Waals surface area contributed by atoms with E-state index in [0.29, 0.717) is 11.4 Å². The molecular weight excluding hydrogens is 368 g/mol. The number of phenols is 2. The minimum Gasteiger partial charge on any atom is -0.508 e. The van der Waals surface area contributed by atoms with Crippen molar-refractivity contribution in [3.8, 4) is 11.5 Å². The van der Waals surface area contributed by atoms with Crippen LogP contribution in [0.15, 0.2) is 29.4 Å². The van der Waals surface area contributed by atoms with Gasteiger partial charge in [-0.2, -0.15) is 15.1 Å².